The van der Waals surface area contributed by atoms with Gasteiger partial charge >= 0.3 is 0 Å². The van der Waals surface area contributed by atoms with E-state index in [4.69, 9.17) is 0 Å². The lowest BCUT2D eigenvalue weighted by Crippen LogP contribution is -2.24. The molecule has 2 heterocycles. The second-order valence-electron chi connectivity index (χ2n) is 4.53. The molecule has 0 spiro atoms. The summed E-state index contributed by atoms with van der Waals surface area (Å²) in [5.74, 6) is 0.346. The number of thiophene rings is 1. The number of aryl methyl sites for hydroxylation is 3. The minimum atomic E-state index is 0.00515. The number of rotatable bonds is 5. The lowest BCUT2D eigenvalue weighted by Gasteiger charge is -2.05. The Kier molecular flexibility index (Phi) is 5.14. The van der Waals surface area contributed by atoms with Crippen molar-refractivity contribution in [3.63, 3.8) is 0 Å². The number of thioether (sulfide) groups is 1. The molecule has 2 rings (SSSR count). The highest BCUT2D eigenvalue weighted by molar-refractivity contribution is 7.99. The van der Waals surface area contributed by atoms with Gasteiger partial charge in [-0.2, -0.15) is 0 Å². The number of amides is 1. The summed E-state index contributed by atoms with van der Waals surface area (Å²) in [6.45, 7) is 6.50. The molecule has 0 atom stereocenters. The lowest BCUT2D eigenvalue weighted by molar-refractivity contribution is -0.118. The summed E-state index contributed by atoms with van der Waals surface area (Å²) in [4.78, 5) is 21.6. The van der Waals surface area contributed by atoms with Crippen LogP contribution in [0.2, 0.25) is 0 Å². The molecule has 2 aromatic heterocycles. The van der Waals surface area contributed by atoms with Gasteiger partial charge in [0.1, 0.15) is 0 Å². The van der Waals surface area contributed by atoms with Crippen LogP contribution in [0, 0.1) is 20.8 Å². The van der Waals surface area contributed by atoms with Crippen molar-refractivity contribution in [1.82, 2.24) is 15.3 Å². The molecular weight excluding hydrogens is 290 g/mol. The zero-order chi connectivity index (χ0) is 14.5. The van der Waals surface area contributed by atoms with Gasteiger partial charge in [-0.1, -0.05) is 11.8 Å². The second-order valence-corrected chi connectivity index (χ2v) is 6.47. The van der Waals surface area contributed by atoms with Crippen LogP contribution in [-0.4, -0.2) is 21.6 Å². The first-order valence-electron chi connectivity index (χ1n) is 6.29. The van der Waals surface area contributed by atoms with Gasteiger partial charge in [0.25, 0.3) is 0 Å². The van der Waals surface area contributed by atoms with Crippen LogP contribution in [0.25, 0.3) is 0 Å². The highest BCUT2D eigenvalue weighted by atomic mass is 32.2. The number of aromatic nitrogens is 2. The number of carbonyl (C=O) groups excluding carboxylic acids is 1. The first-order chi connectivity index (χ1) is 9.54. The van der Waals surface area contributed by atoms with Crippen LogP contribution in [0.5, 0.6) is 0 Å². The molecule has 0 aromatic carbocycles. The summed E-state index contributed by atoms with van der Waals surface area (Å²) in [6, 6.07) is 3.98. The quantitative estimate of drug-likeness (QED) is 0.682. The van der Waals surface area contributed by atoms with Crippen molar-refractivity contribution in [3.8, 4) is 0 Å². The normalized spacial score (nSPS) is 10.6. The van der Waals surface area contributed by atoms with Crippen molar-refractivity contribution in [3.05, 3.63) is 39.3 Å². The number of carbonyl (C=O) groups is 1. The molecule has 0 radical (unpaired) electrons. The summed E-state index contributed by atoms with van der Waals surface area (Å²) in [6.07, 6.45) is 0. The molecule has 0 bridgehead atoms. The Morgan fingerprint density at radius 1 is 1.30 bits per heavy atom. The molecule has 1 amide bonds. The van der Waals surface area contributed by atoms with Crippen LogP contribution in [0.4, 0.5) is 0 Å². The highest BCUT2D eigenvalue weighted by Gasteiger charge is 2.07. The van der Waals surface area contributed by atoms with Gasteiger partial charge < -0.3 is 5.32 Å². The summed E-state index contributed by atoms with van der Waals surface area (Å²) in [7, 11) is 0. The number of hydrogen-bond acceptors (Lipinski definition) is 5. The summed E-state index contributed by atoms with van der Waals surface area (Å²) < 4.78 is 0. The third-order valence-corrected chi connectivity index (χ3v) is 4.58. The molecule has 4 nitrogen and oxygen atoms in total. The van der Waals surface area contributed by atoms with E-state index in [9.17, 15) is 4.79 Å². The minimum absolute atomic E-state index is 0.00515. The summed E-state index contributed by atoms with van der Waals surface area (Å²) >= 11 is 3.03. The van der Waals surface area contributed by atoms with Gasteiger partial charge in [0, 0.05) is 16.3 Å². The highest BCUT2D eigenvalue weighted by Crippen LogP contribution is 2.16. The number of nitrogens with one attached hydrogen (secondary N) is 1. The zero-order valence-corrected chi connectivity index (χ0v) is 13.4. The molecule has 0 saturated heterocycles. The van der Waals surface area contributed by atoms with Crippen molar-refractivity contribution in [2.75, 3.05) is 5.75 Å². The predicted molar refractivity (Wildman–Crippen MR) is 83.1 cm³/mol. The monoisotopic (exact) mass is 307 g/mol. The van der Waals surface area contributed by atoms with Crippen molar-refractivity contribution in [1.29, 1.82) is 0 Å². The van der Waals surface area contributed by atoms with Gasteiger partial charge in [0.05, 0.1) is 12.3 Å². The van der Waals surface area contributed by atoms with Crippen LogP contribution in [0.3, 0.4) is 0 Å². The Labute approximate surface area is 127 Å². The lowest BCUT2D eigenvalue weighted by atomic mass is 10.3. The largest absolute Gasteiger partial charge is 0.350 e. The van der Waals surface area contributed by atoms with Crippen molar-refractivity contribution >= 4 is 29.0 Å². The Balaban J connectivity index is 1.82. The van der Waals surface area contributed by atoms with E-state index in [1.54, 1.807) is 11.3 Å². The Morgan fingerprint density at radius 2 is 2.00 bits per heavy atom. The smallest absolute Gasteiger partial charge is 0.230 e. The average Bonchev–Trinajstić information content (AvgIpc) is 2.78. The van der Waals surface area contributed by atoms with E-state index in [0.29, 0.717) is 17.5 Å². The maximum atomic E-state index is 11.8. The van der Waals surface area contributed by atoms with E-state index in [2.05, 4.69) is 28.3 Å². The standard InChI is InChI=1S/C14H17N3OS2/c1-9-4-5-19-12(9)7-15-13(18)8-20-14-16-10(2)6-11(3)17-14/h4-6H,7-8H2,1-3H3,(H,15,18). The maximum absolute atomic E-state index is 11.8. The fraction of sp³-hybridized carbons (Fsp3) is 0.357. The first kappa shape index (κ1) is 15.0. The molecule has 0 aliphatic carbocycles. The molecule has 20 heavy (non-hydrogen) atoms. The van der Waals surface area contributed by atoms with Crippen LogP contribution in [0.1, 0.15) is 21.8 Å². The summed E-state index contributed by atoms with van der Waals surface area (Å²) in [5, 5.41) is 5.61. The topological polar surface area (TPSA) is 54.9 Å². The molecule has 0 aliphatic rings. The average molecular weight is 307 g/mol. The molecule has 0 aliphatic heterocycles. The molecule has 6 heteroatoms. The van der Waals surface area contributed by atoms with Gasteiger partial charge in [-0.3, -0.25) is 4.79 Å². The van der Waals surface area contributed by atoms with Crippen LogP contribution < -0.4 is 5.32 Å². The fourth-order valence-electron chi connectivity index (χ4n) is 1.70. The number of nitrogens with zero attached hydrogens (tertiary/aromatic N) is 2. The van der Waals surface area contributed by atoms with E-state index in [1.807, 2.05) is 25.3 Å². The molecule has 1 N–H and O–H groups in total. The van der Waals surface area contributed by atoms with Crippen molar-refractivity contribution < 1.29 is 4.79 Å². The maximum Gasteiger partial charge on any atom is 0.230 e. The van der Waals surface area contributed by atoms with Gasteiger partial charge in [-0.25, -0.2) is 9.97 Å². The van der Waals surface area contributed by atoms with E-state index < -0.39 is 0 Å². The van der Waals surface area contributed by atoms with Gasteiger partial charge in [0.2, 0.25) is 5.91 Å². The van der Waals surface area contributed by atoms with Gasteiger partial charge in [-0.05, 0) is 43.8 Å². The third kappa shape index (κ3) is 4.31. The second kappa shape index (κ2) is 6.85. The Hall–Kier alpha value is -1.40. The van der Waals surface area contributed by atoms with Gasteiger partial charge in [-0.15, -0.1) is 11.3 Å². The summed E-state index contributed by atoms with van der Waals surface area (Å²) in [5.41, 5.74) is 3.07. The van der Waals surface area contributed by atoms with Crippen molar-refractivity contribution in [2.45, 2.75) is 32.5 Å². The van der Waals surface area contributed by atoms with E-state index in [1.165, 1.54) is 22.2 Å². The molecule has 0 fully saturated rings. The van der Waals surface area contributed by atoms with Crippen LogP contribution in [0.15, 0.2) is 22.7 Å². The fourth-order valence-corrected chi connectivity index (χ4v) is 3.33. The van der Waals surface area contributed by atoms with E-state index in [0.717, 1.165) is 11.4 Å². The molecule has 106 valence electrons. The van der Waals surface area contributed by atoms with Crippen molar-refractivity contribution in [2.24, 2.45) is 0 Å². The third-order valence-electron chi connectivity index (χ3n) is 2.71. The number of hydrogen-bond donors (Lipinski definition) is 1. The van der Waals surface area contributed by atoms with E-state index >= 15 is 0 Å². The molecule has 0 saturated carbocycles. The Bertz CT molecular complexity index is 590. The molecule has 0 unspecified atom stereocenters. The molecule has 2 aromatic rings. The van der Waals surface area contributed by atoms with Gasteiger partial charge in [0.15, 0.2) is 5.16 Å². The van der Waals surface area contributed by atoms with Crippen LogP contribution >= 0.6 is 23.1 Å². The predicted octanol–water partition coefficient (Wildman–Crippen LogP) is 2.87. The van der Waals surface area contributed by atoms with Crippen LogP contribution in [-0.2, 0) is 11.3 Å². The first-order valence-corrected chi connectivity index (χ1v) is 8.16. The Morgan fingerprint density at radius 3 is 2.60 bits per heavy atom. The SMILES string of the molecule is Cc1cc(C)nc(SCC(=O)NCc2sccc2C)n1. The van der Waals surface area contributed by atoms with E-state index in [-0.39, 0.29) is 5.91 Å². The minimum Gasteiger partial charge on any atom is -0.350 e. The molecular formula is C14H17N3OS2. The zero-order valence-electron chi connectivity index (χ0n) is 11.8.